The lowest BCUT2D eigenvalue weighted by molar-refractivity contribution is -0.125. The van der Waals surface area contributed by atoms with E-state index < -0.39 is 35.7 Å². The third-order valence-corrected chi connectivity index (χ3v) is 4.36. The molecule has 0 aromatic heterocycles. The van der Waals surface area contributed by atoms with Crippen LogP contribution in [0.2, 0.25) is 0 Å². The number of hydrazine groups is 2. The predicted octanol–water partition coefficient (Wildman–Crippen LogP) is -0.458. The Morgan fingerprint density at radius 2 is 1.40 bits per heavy atom. The fourth-order valence-corrected chi connectivity index (χ4v) is 2.86. The maximum Gasteiger partial charge on any atom is 0.282 e. The van der Waals surface area contributed by atoms with Crippen LogP contribution >= 0.6 is 0 Å². The number of nitrogens with one attached hydrogen (secondary N) is 3. The van der Waals surface area contributed by atoms with Crippen molar-refractivity contribution >= 4 is 35.0 Å². The molecule has 0 radical (unpaired) electrons. The van der Waals surface area contributed by atoms with Crippen molar-refractivity contribution in [3.63, 3.8) is 0 Å². The standard InChI is InChI=1S/C18H15N7O5/c26-12-8-6-11(7-9-12)25-18(30)14(16(28)22-25)20-23-19-13-15(27)21-24(17(13)29)10-4-2-1-3-5-10/h1-9,13-14,26H,(H,19,20)(H,21,27)(H,22,28). The number of phenolic OH excluding ortho intramolecular Hbond substituents is 1. The Labute approximate surface area is 169 Å². The Morgan fingerprint density at radius 1 is 0.800 bits per heavy atom. The molecule has 0 spiro atoms. The van der Waals surface area contributed by atoms with Gasteiger partial charge in [-0.3, -0.25) is 35.5 Å². The molecule has 30 heavy (non-hydrogen) atoms. The second-order valence-electron chi connectivity index (χ2n) is 6.33. The van der Waals surface area contributed by atoms with E-state index in [0.29, 0.717) is 11.4 Å². The van der Waals surface area contributed by atoms with E-state index >= 15 is 0 Å². The Kier molecular flexibility index (Phi) is 4.72. The predicted molar refractivity (Wildman–Crippen MR) is 101 cm³/mol. The quantitative estimate of drug-likeness (QED) is 0.298. The summed E-state index contributed by atoms with van der Waals surface area (Å²) in [5, 5.41) is 18.5. The fraction of sp³-hybridized carbons (Fsp3) is 0.111. The second-order valence-corrected chi connectivity index (χ2v) is 6.33. The molecule has 2 aromatic carbocycles. The minimum Gasteiger partial charge on any atom is -0.508 e. The van der Waals surface area contributed by atoms with Crippen molar-refractivity contribution in [2.75, 3.05) is 10.0 Å². The SMILES string of the molecule is O=C1NN(c2ccccc2)C(=O)C1N=NNC1C(=O)NN(c2ccc(O)cc2)C1=O. The van der Waals surface area contributed by atoms with Gasteiger partial charge in [0.2, 0.25) is 12.1 Å². The van der Waals surface area contributed by atoms with Crippen LogP contribution in [0.15, 0.2) is 64.9 Å². The monoisotopic (exact) mass is 409 g/mol. The molecule has 12 heteroatoms. The Morgan fingerprint density at radius 3 is 2.10 bits per heavy atom. The molecule has 0 saturated carbocycles. The van der Waals surface area contributed by atoms with Crippen molar-refractivity contribution in [1.82, 2.24) is 16.3 Å². The van der Waals surface area contributed by atoms with Gasteiger partial charge in [-0.2, -0.15) is 0 Å². The van der Waals surface area contributed by atoms with Crippen molar-refractivity contribution in [2.24, 2.45) is 10.3 Å². The maximum absolute atomic E-state index is 12.5. The summed E-state index contributed by atoms with van der Waals surface area (Å²) >= 11 is 0. The van der Waals surface area contributed by atoms with Crippen molar-refractivity contribution in [3.05, 3.63) is 54.6 Å². The molecule has 4 N–H and O–H groups in total. The number of hydrogen-bond acceptors (Lipinski definition) is 7. The molecule has 4 rings (SSSR count). The lowest BCUT2D eigenvalue weighted by Crippen LogP contribution is -2.38. The van der Waals surface area contributed by atoms with Crippen molar-refractivity contribution in [3.8, 4) is 5.75 Å². The first kappa shape index (κ1) is 18.9. The van der Waals surface area contributed by atoms with E-state index in [2.05, 4.69) is 26.6 Å². The number of carbonyl (C=O) groups excluding carboxylic acids is 4. The Hall–Kier alpha value is -4.48. The van der Waals surface area contributed by atoms with Crippen molar-refractivity contribution < 1.29 is 24.3 Å². The van der Waals surface area contributed by atoms with Crippen LogP contribution in [0.3, 0.4) is 0 Å². The van der Waals surface area contributed by atoms with Gasteiger partial charge in [0.05, 0.1) is 11.4 Å². The van der Waals surface area contributed by atoms with E-state index in [0.717, 1.165) is 10.0 Å². The van der Waals surface area contributed by atoms with Gasteiger partial charge in [-0.25, -0.2) is 10.0 Å². The number of carbonyl (C=O) groups is 4. The normalized spacial score (nSPS) is 21.3. The second kappa shape index (κ2) is 7.50. The molecule has 0 aliphatic carbocycles. The van der Waals surface area contributed by atoms with E-state index in [4.69, 9.17) is 0 Å². The summed E-state index contributed by atoms with van der Waals surface area (Å²) in [6.07, 6.45) is 0. The van der Waals surface area contributed by atoms with Gasteiger partial charge in [0.1, 0.15) is 5.75 Å². The van der Waals surface area contributed by atoms with Gasteiger partial charge in [-0.15, -0.1) is 5.11 Å². The lowest BCUT2D eigenvalue weighted by atomic mass is 10.2. The summed E-state index contributed by atoms with van der Waals surface area (Å²) in [5.74, 6) is -2.70. The van der Waals surface area contributed by atoms with Crippen LogP contribution < -0.4 is 26.3 Å². The molecule has 2 atom stereocenters. The van der Waals surface area contributed by atoms with E-state index in [1.54, 1.807) is 30.3 Å². The minimum atomic E-state index is -1.45. The average Bonchev–Trinajstić information content (AvgIpc) is 3.19. The molecular formula is C18H15N7O5. The first-order chi connectivity index (χ1) is 14.5. The molecule has 152 valence electrons. The molecule has 2 heterocycles. The number of phenols is 1. The van der Waals surface area contributed by atoms with E-state index in [1.807, 2.05) is 0 Å². The summed E-state index contributed by atoms with van der Waals surface area (Å²) in [5.41, 5.74) is 7.80. The molecular weight excluding hydrogens is 394 g/mol. The largest absolute Gasteiger partial charge is 0.508 e. The number of aromatic hydroxyl groups is 1. The van der Waals surface area contributed by atoms with Crippen molar-refractivity contribution in [1.29, 1.82) is 0 Å². The van der Waals surface area contributed by atoms with Gasteiger partial charge in [-0.1, -0.05) is 23.4 Å². The van der Waals surface area contributed by atoms with Gasteiger partial charge in [-0.05, 0) is 36.4 Å². The van der Waals surface area contributed by atoms with Crippen LogP contribution in [-0.4, -0.2) is 40.8 Å². The van der Waals surface area contributed by atoms with Crippen LogP contribution in [0.25, 0.3) is 0 Å². The Bertz CT molecular complexity index is 1040. The summed E-state index contributed by atoms with van der Waals surface area (Å²) in [6, 6.07) is 11.2. The van der Waals surface area contributed by atoms with Gasteiger partial charge < -0.3 is 5.11 Å². The first-order valence-electron chi connectivity index (χ1n) is 8.74. The highest BCUT2D eigenvalue weighted by atomic mass is 16.3. The summed E-state index contributed by atoms with van der Waals surface area (Å²) in [4.78, 5) is 49.0. The molecule has 2 fully saturated rings. The van der Waals surface area contributed by atoms with Crippen LogP contribution in [0.4, 0.5) is 11.4 Å². The third-order valence-electron chi connectivity index (χ3n) is 4.36. The van der Waals surface area contributed by atoms with Gasteiger partial charge in [0.25, 0.3) is 23.6 Å². The smallest absolute Gasteiger partial charge is 0.282 e. The van der Waals surface area contributed by atoms with E-state index in [-0.39, 0.29) is 5.75 Å². The molecule has 4 amide bonds. The van der Waals surface area contributed by atoms with Gasteiger partial charge >= 0.3 is 0 Å². The lowest BCUT2D eigenvalue weighted by Gasteiger charge is -2.15. The van der Waals surface area contributed by atoms with E-state index in [9.17, 15) is 24.3 Å². The van der Waals surface area contributed by atoms with Crippen LogP contribution in [-0.2, 0) is 19.2 Å². The highest BCUT2D eigenvalue weighted by Crippen LogP contribution is 2.21. The van der Waals surface area contributed by atoms with Crippen LogP contribution in [0.1, 0.15) is 0 Å². The molecule has 2 unspecified atom stereocenters. The van der Waals surface area contributed by atoms with Crippen LogP contribution in [0.5, 0.6) is 5.75 Å². The number of benzene rings is 2. The van der Waals surface area contributed by atoms with Gasteiger partial charge in [0.15, 0.2) is 0 Å². The highest BCUT2D eigenvalue weighted by Gasteiger charge is 2.42. The molecule has 2 saturated heterocycles. The number of nitrogens with zero attached hydrogens (tertiary/aromatic N) is 4. The molecule has 2 aromatic rings. The zero-order valence-corrected chi connectivity index (χ0v) is 15.2. The molecule has 2 aliphatic heterocycles. The minimum absolute atomic E-state index is 0.00394. The summed E-state index contributed by atoms with van der Waals surface area (Å²) in [7, 11) is 0. The third kappa shape index (κ3) is 3.37. The molecule has 2 aliphatic rings. The van der Waals surface area contributed by atoms with Crippen LogP contribution in [0, 0.1) is 0 Å². The number of amides is 4. The number of hydrogen-bond donors (Lipinski definition) is 4. The highest BCUT2D eigenvalue weighted by molar-refractivity contribution is 6.18. The number of para-hydroxylation sites is 1. The average molecular weight is 409 g/mol. The fourth-order valence-electron chi connectivity index (χ4n) is 2.86. The number of rotatable bonds is 5. The van der Waals surface area contributed by atoms with Gasteiger partial charge in [0, 0.05) is 0 Å². The summed E-state index contributed by atoms with van der Waals surface area (Å²) < 4.78 is 0. The van der Waals surface area contributed by atoms with E-state index in [1.165, 1.54) is 24.3 Å². The molecule has 12 nitrogen and oxygen atoms in total. The zero-order valence-electron chi connectivity index (χ0n) is 15.2. The zero-order chi connectivity index (χ0) is 21.3. The Balaban J connectivity index is 1.42. The topological polar surface area (TPSA) is 156 Å². The summed E-state index contributed by atoms with van der Waals surface area (Å²) in [6.45, 7) is 0. The maximum atomic E-state index is 12.5. The number of anilines is 2. The molecule has 0 bridgehead atoms. The van der Waals surface area contributed by atoms with Crippen molar-refractivity contribution in [2.45, 2.75) is 12.1 Å². The first-order valence-corrected chi connectivity index (χ1v) is 8.74.